The van der Waals surface area contributed by atoms with Crippen LogP contribution >= 0.6 is 0 Å². The first kappa shape index (κ1) is 23.0. The molecule has 0 aliphatic carbocycles. The van der Waals surface area contributed by atoms with Gasteiger partial charge in [0.1, 0.15) is 12.2 Å². The second kappa shape index (κ2) is 9.33. The molecule has 178 valence electrons. The summed E-state index contributed by atoms with van der Waals surface area (Å²) >= 11 is 0. The molecular weight excluding hydrogens is 444 g/mol. The molecule has 3 aromatic rings. The van der Waals surface area contributed by atoms with Crippen molar-refractivity contribution in [3.05, 3.63) is 48.2 Å². The highest BCUT2D eigenvalue weighted by Gasteiger charge is 2.26. The topological polar surface area (TPSA) is 151 Å². The maximum Gasteiger partial charge on any atom is 0.408 e. The van der Waals surface area contributed by atoms with Gasteiger partial charge < -0.3 is 24.6 Å². The summed E-state index contributed by atoms with van der Waals surface area (Å²) in [4.78, 5) is 28.9. The Hall–Kier alpha value is -4.22. The van der Waals surface area contributed by atoms with Crippen LogP contribution in [0.3, 0.4) is 0 Å². The number of hydrogen-bond acceptors (Lipinski definition) is 9. The first-order valence-electron chi connectivity index (χ1n) is 10.5. The van der Waals surface area contributed by atoms with Gasteiger partial charge in [-0.15, -0.1) is 10.2 Å². The summed E-state index contributed by atoms with van der Waals surface area (Å²) in [6.07, 6.45) is 0.413. The van der Waals surface area contributed by atoms with E-state index in [-0.39, 0.29) is 12.6 Å². The molecule has 0 spiro atoms. The van der Waals surface area contributed by atoms with Gasteiger partial charge in [0.25, 0.3) is 5.88 Å². The Morgan fingerprint density at radius 3 is 2.88 bits per heavy atom. The summed E-state index contributed by atoms with van der Waals surface area (Å²) < 4.78 is 16.8. The Kier molecular flexibility index (Phi) is 6.30. The molecule has 12 heteroatoms. The predicted octanol–water partition coefficient (Wildman–Crippen LogP) is 2.23. The van der Waals surface area contributed by atoms with E-state index in [4.69, 9.17) is 14.2 Å². The molecule has 4 rings (SSSR count). The maximum absolute atomic E-state index is 12.0. The quantitative estimate of drug-likeness (QED) is 0.551. The molecule has 2 aromatic heterocycles. The van der Waals surface area contributed by atoms with E-state index >= 15 is 0 Å². The minimum atomic E-state index is -1.30. The van der Waals surface area contributed by atoms with Gasteiger partial charge in [-0.1, -0.05) is 18.2 Å². The van der Waals surface area contributed by atoms with Crippen molar-refractivity contribution < 1.29 is 28.9 Å². The van der Waals surface area contributed by atoms with Crippen LogP contribution in [0.4, 0.5) is 4.79 Å². The molecule has 3 heterocycles. The van der Waals surface area contributed by atoms with Crippen molar-refractivity contribution in [2.45, 2.75) is 45.1 Å². The third-order valence-electron chi connectivity index (χ3n) is 4.68. The molecule has 2 atom stereocenters. The maximum atomic E-state index is 12.0. The van der Waals surface area contributed by atoms with Crippen molar-refractivity contribution in [3.8, 4) is 23.0 Å². The highest BCUT2D eigenvalue weighted by atomic mass is 16.6. The van der Waals surface area contributed by atoms with Crippen molar-refractivity contribution in [1.29, 1.82) is 0 Å². The molecular formula is C22H24N6O6. The van der Waals surface area contributed by atoms with E-state index in [1.54, 1.807) is 45.2 Å². The fourth-order valence-electron chi connectivity index (χ4n) is 3.19. The van der Waals surface area contributed by atoms with Crippen LogP contribution in [0.2, 0.25) is 0 Å². The van der Waals surface area contributed by atoms with Crippen LogP contribution in [0.25, 0.3) is 11.4 Å². The number of ether oxygens (including phenoxy) is 3. The van der Waals surface area contributed by atoms with Crippen LogP contribution in [-0.4, -0.2) is 60.6 Å². The molecule has 12 nitrogen and oxygen atoms in total. The van der Waals surface area contributed by atoms with Crippen molar-refractivity contribution in [2.75, 3.05) is 6.61 Å². The number of carbonyl (C=O) groups is 2. The van der Waals surface area contributed by atoms with Crippen molar-refractivity contribution in [2.24, 2.45) is 0 Å². The first-order chi connectivity index (χ1) is 16.2. The second-order valence-corrected chi connectivity index (χ2v) is 8.55. The number of aromatic nitrogens is 5. The number of alkyl carbamates (subject to hydrolysis) is 1. The molecule has 0 radical (unpaired) electrons. The number of carboxylic acids is 1. The zero-order valence-electron chi connectivity index (χ0n) is 18.8. The number of rotatable bonds is 6. The molecule has 34 heavy (non-hydrogen) atoms. The number of amides is 1. The number of benzene rings is 1. The lowest BCUT2D eigenvalue weighted by molar-refractivity contribution is -0.140. The number of pyridine rings is 1. The fraction of sp³-hybridized carbons (Fsp3) is 0.364. The predicted molar refractivity (Wildman–Crippen MR) is 117 cm³/mol. The molecule has 1 amide bonds. The number of aliphatic carboxylic acids is 1. The van der Waals surface area contributed by atoms with Crippen LogP contribution < -0.4 is 14.8 Å². The summed E-state index contributed by atoms with van der Waals surface area (Å²) in [6.45, 7) is 5.13. The van der Waals surface area contributed by atoms with E-state index in [1.807, 2.05) is 18.2 Å². The van der Waals surface area contributed by atoms with Gasteiger partial charge in [0.15, 0.2) is 17.9 Å². The van der Waals surface area contributed by atoms with Crippen LogP contribution in [0.15, 0.2) is 42.6 Å². The minimum absolute atomic E-state index is 0.233. The summed E-state index contributed by atoms with van der Waals surface area (Å²) in [5.74, 6) is 0.0477. The van der Waals surface area contributed by atoms with E-state index in [0.29, 0.717) is 29.6 Å². The number of nitrogens with one attached hydrogen (secondary N) is 1. The number of carbonyl (C=O) groups excluding carboxylic acids is 1. The standard InChI is InChI=1S/C22H24N6O6/c1-22(2,3)34-21(31)24-15(20(29)30)11-28-26-18(25-27-28)14-7-4-6-13(10-14)17-12-32-16-8-5-9-23-19(16)33-17/h4-10,15,17H,11-12H2,1-3H3,(H,24,31)(H,29,30). The van der Waals surface area contributed by atoms with Crippen LogP contribution in [0, 0.1) is 0 Å². The largest absolute Gasteiger partial charge is 0.484 e. The van der Waals surface area contributed by atoms with Crippen LogP contribution in [-0.2, 0) is 16.1 Å². The molecule has 0 saturated carbocycles. The highest BCUT2D eigenvalue weighted by Crippen LogP contribution is 2.34. The highest BCUT2D eigenvalue weighted by molar-refractivity contribution is 5.79. The Bertz CT molecular complexity index is 1190. The number of carboxylic acid groups (broad SMARTS) is 1. The number of fused-ring (bicyclic) bond motifs is 1. The van der Waals surface area contributed by atoms with E-state index in [0.717, 1.165) is 10.4 Å². The van der Waals surface area contributed by atoms with E-state index < -0.39 is 23.7 Å². The van der Waals surface area contributed by atoms with Gasteiger partial charge in [0, 0.05) is 11.8 Å². The van der Waals surface area contributed by atoms with Gasteiger partial charge >= 0.3 is 12.1 Å². The number of nitrogens with zero attached hydrogens (tertiary/aromatic N) is 5. The molecule has 2 N–H and O–H groups in total. The molecule has 1 aliphatic rings. The first-order valence-corrected chi connectivity index (χ1v) is 10.5. The molecule has 0 saturated heterocycles. The van der Waals surface area contributed by atoms with E-state index in [2.05, 4.69) is 25.7 Å². The van der Waals surface area contributed by atoms with Gasteiger partial charge in [-0.05, 0) is 49.7 Å². The van der Waals surface area contributed by atoms with Crippen molar-refractivity contribution in [3.63, 3.8) is 0 Å². The lowest BCUT2D eigenvalue weighted by atomic mass is 10.1. The molecule has 0 fully saturated rings. The normalized spacial score (nSPS) is 15.9. The SMILES string of the molecule is CC(C)(C)OC(=O)NC(Cn1nnc(-c2cccc(C3COc4cccnc4O3)c2)n1)C(=O)O. The Morgan fingerprint density at radius 2 is 2.12 bits per heavy atom. The monoisotopic (exact) mass is 468 g/mol. The van der Waals surface area contributed by atoms with E-state index in [1.165, 1.54) is 0 Å². The summed E-state index contributed by atoms with van der Waals surface area (Å²) in [5, 5.41) is 24.0. The van der Waals surface area contributed by atoms with Gasteiger partial charge in [-0.3, -0.25) is 0 Å². The van der Waals surface area contributed by atoms with E-state index in [9.17, 15) is 14.7 Å². The zero-order chi connectivity index (χ0) is 24.3. The fourth-order valence-corrected chi connectivity index (χ4v) is 3.19. The molecule has 2 unspecified atom stereocenters. The van der Waals surface area contributed by atoms with Crippen LogP contribution in [0.1, 0.15) is 32.4 Å². The summed E-state index contributed by atoms with van der Waals surface area (Å²) in [7, 11) is 0. The molecule has 0 bridgehead atoms. The lowest BCUT2D eigenvalue weighted by Gasteiger charge is -2.25. The minimum Gasteiger partial charge on any atom is -0.484 e. The molecule has 1 aromatic carbocycles. The Labute approximate surface area is 194 Å². The van der Waals surface area contributed by atoms with Crippen molar-refractivity contribution in [1.82, 2.24) is 30.5 Å². The zero-order valence-corrected chi connectivity index (χ0v) is 18.8. The summed E-state index contributed by atoms with van der Waals surface area (Å²) in [5.41, 5.74) is 0.730. The van der Waals surface area contributed by atoms with Gasteiger partial charge in [0.2, 0.25) is 5.82 Å². The average molecular weight is 468 g/mol. The third kappa shape index (κ3) is 5.57. The molecule has 1 aliphatic heterocycles. The van der Waals surface area contributed by atoms with Gasteiger partial charge in [-0.2, -0.15) is 4.80 Å². The Morgan fingerprint density at radius 1 is 1.29 bits per heavy atom. The second-order valence-electron chi connectivity index (χ2n) is 8.55. The summed E-state index contributed by atoms with van der Waals surface area (Å²) in [6, 6.07) is 9.62. The van der Waals surface area contributed by atoms with Crippen LogP contribution in [0.5, 0.6) is 11.6 Å². The number of tetrazole rings is 1. The smallest absolute Gasteiger partial charge is 0.408 e. The van der Waals surface area contributed by atoms with Crippen molar-refractivity contribution >= 4 is 12.1 Å². The average Bonchev–Trinajstić information content (AvgIpc) is 3.26. The van der Waals surface area contributed by atoms with Gasteiger partial charge in [-0.25, -0.2) is 14.6 Å². The number of hydrogen-bond donors (Lipinski definition) is 2. The lowest BCUT2D eigenvalue weighted by Crippen LogP contribution is -2.46. The Balaban J connectivity index is 1.46. The van der Waals surface area contributed by atoms with Gasteiger partial charge in [0.05, 0.1) is 6.54 Å². The third-order valence-corrected chi connectivity index (χ3v) is 4.68.